The fourth-order valence-electron chi connectivity index (χ4n) is 3.91. The maximum Gasteiger partial charge on any atom is 0.254 e. The van der Waals surface area contributed by atoms with Crippen molar-refractivity contribution in [1.82, 2.24) is 9.80 Å². The van der Waals surface area contributed by atoms with Gasteiger partial charge in [0.25, 0.3) is 5.91 Å². The quantitative estimate of drug-likeness (QED) is 0.833. The second-order valence-electron chi connectivity index (χ2n) is 9.74. The van der Waals surface area contributed by atoms with Gasteiger partial charge in [-0.1, -0.05) is 39.0 Å². The number of ether oxygens (including phenoxy) is 1. The summed E-state index contributed by atoms with van der Waals surface area (Å²) in [5.74, 6) is 0.773. The molecule has 3 rings (SSSR count). The minimum atomic E-state index is -0.984. The minimum Gasteiger partial charge on any atom is -0.491 e. The highest BCUT2D eigenvalue weighted by Gasteiger charge is 2.27. The molecule has 1 heterocycles. The van der Waals surface area contributed by atoms with E-state index in [-0.39, 0.29) is 11.3 Å². The molecule has 0 saturated carbocycles. The fraction of sp³-hybridized carbons (Fsp3) is 0.480. The Balaban J connectivity index is 1.83. The minimum absolute atomic E-state index is 0.00244. The molecule has 1 unspecified atom stereocenters. The molecule has 1 atom stereocenters. The smallest absolute Gasteiger partial charge is 0.254 e. The summed E-state index contributed by atoms with van der Waals surface area (Å²) >= 11 is 0. The highest BCUT2D eigenvalue weighted by molar-refractivity contribution is 5.94. The van der Waals surface area contributed by atoms with Gasteiger partial charge in [0.15, 0.2) is 0 Å². The first-order chi connectivity index (χ1) is 14.0. The molecule has 5 heteroatoms. The van der Waals surface area contributed by atoms with Crippen molar-refractivity contribution in [3.8, 4) is 5.75 Å². The Bertz CT molecular complexity index is 896. The lowest BCUT2D eigenvalue weighted by molar-refractivity contribution is 0.0299. The van der Waals surface area contributed by atoms with Gasteiger partial charge in [-0.2, -0.15) is 0 Å². The lowest BCUT2D eigenvalue weighted by atomic mass is 9.86. The molecule has 1 aliphatic heterocycles. The van der Waals surface area contributed by atoms with Crippen LogP contribution in [0.5, 0.6) is 5.75 Å². The SMILES string of the molecule is CN(C)CC(C)(O)c1ccc2c(c1)CN(C(=O)c1ccc(C(C)(C)C)cc1)CCO2. The van der Waals surface area contributed by atoms with E-state index < -0.39 is 5.60 Å². The summed E-state index contributed by atoms with van der Waals surface area (Å²) < 4.78 is 5.89. The van der Waals surface area contributed by atoms with Crippen molar-refractivity contribution >= 4 is 5.91 Å². The molecule has 2 aromatic rings. The van der Waals surface area contributed by atoms with E-state index in [4.69, 9.17) is 4.74 Å². The zero-order valence-corrected chi connectivity index (χ0v) is 19.0. The molecule has 5 nitrogen and oxygen atoms in total. The van der Waals surface area contributed by atoms with Gasteiger partial charge in [-0.15, -0.1) is 0 Å². The highest BCUT2D eigenvalue weighted by atomic mass is 16.5. The molecular formula is C25H34N2O3. The van der Waals surface area contributed by atoms with Gasteiger partial charge >= 0.3 is 0 Å². The fourth-order valence-corrected chi connectivity index (χ4v) is 3.91. The number of rotatable bonds is 4. The third-order valence-electron chi connectivity index (χ3n) is 5.57. The third-order valence-corrected chi connectivity index (χ3v) is 5.57. The Morgan fingerprint density at radius 2 is 1.70 bits per heavy atom. The number of aliphatic hydroxyl groups is 1. The van der Waals surface area contributed by atoms with Gasteiger partial charge in [0.05, 0.1) is 12.1 Å². The van der Waals surface area contributed by atoms with E-state index in [1.54, 1.807) is 0 Å². The summed E-state index contributed by atoms with van der Waals surface area (Å²) in [5.41, 5.74) is 2.70. The van der Waals surface area contributed by atoms with Crippen LogP contribution in [-0.4, -0.2) is 54.6 Å². The number of carbonyl (C=O) groups excluding carboxylic acids is 1. The Morgan fingerprint density at radius 3 is 2.30 bits per heavy atom. The maximum absolute atomic E-state index is 13.2. The Labute approximate surface area is 180 Å². The van der Waals surface area contributed by atoms with Gasteiger partial charge < -0.3 is 19.6 Å². The van der Waals surface area contributed by atoms with Crippen molar-refractivity contribution in [2.24, 2.45) is 0 Å². The molecule has 0 aromatic heterocycles. The van der Waals surface area contributed by atoms with E-state index >= 15 is 0 Å². The molecule has 0 aliphatic carbocycles. The molecule has 0 fully saturated rings. The lowest BCUT2D eigenvalue weighted by Gasteiger charge is -2.28. The van der Waals surface area contributed by atoms with Crippen LogP contribution in [0.4, 0.5) is 0 Å². The Hall–Kier alpha value is -2.37. The molecule has 0 bridgehead atoms. The number of hydrogen-bond acceptors (Lipinski definition) is 4. The molecular weight excluding hydrogens is 376 g/mol. The Morgan fingerprint density at radius 1 is 1.07 bits per heavy atom. The van der Waals surface area contributed by atoms with Crippen LogP contribution < -0.4 is 4.74 Å². The maximum atomic E-state index is 13.2. The first-order valence-corrected chi connectivity index (χ1v) is 10.5. The van der Waals surface area contributed by atoms with Crippen molar-refractivity contribution in [2.75, 3.05) is 33.8 Å². The van der Waals surface area contributed by atoms with Crippen LogP contribution >= 0.6 is 0 Å². The van der Waals surface area contributed by atoms with Gasteiger partial charge in [-0.05, 0) is 61.8 Å². The zero-order chi connectivity index (χ0) is 22.1. The average molecular weight is 411 g/mol. The average Bonchev–Trinajstić information content (AvgIpc) is 2.87. The van der Waals surface area contributed by atoms with Gasteiger partial charge in [0.1, 0.15) is 12.4 Å². The molecule has 2 aromatic carbocycles. The van der Waals surface area contributed by atoms with E-state index in [9.17, 15) is 9.90 Å². The van der Waals surface area contributed by atoms with E-state index in [0.29, 0.717) is 31.8 Å². The summed E-state index contributed by atoms with van der Waals surface area (Å²) in [4.78, 5) is 16.9. The van der Waals surface area contributed by atoms with Crippen molar-refractivity contribution in [3.05, 3.63) is 64.7 Å². The molecule has 1 aliphatic rings. The van der Waals surface area contributed by atoms with E-state index in [1.165, 1.54) is 5.56 Å². The summed E-state index contributed by atoms with van der Waals surface area (Å²) in [6.07, 6.45) is 0. The topological polar surface area (TPSA) is 53.0 Å². The predicted molar refractivity (Wildman–Crippen MR) is 120 cm³/mol. The number of amides is 1. The summed E-state index contributed by atoms with van der Waals surface area (Å²) in [6.45, 7) is 10.2. The molecule has 0 spiro atoms. The monoisotopic (exact) mass is 410 g/mol. The van der Waals surface area contributed by atoms with Crippen LogP contribution in [0.15, 0.2) is 42.5 Å². The molecule has 30 heavy (non-hydrogen) atoms. The zero-order valence-electron chi connectivity index (χ0n) is 19.0. The number of fused-ring (bicyclic) bond motifs is 1. The number of carbonyl (C=O) groups is 1. The van der Waals surface area contributed by atoms with Crippen LogP contribution in [0, 0.1) is 0 Å². The standard InChI is InChI=1S/C25H34N2O3/c1-24(2,3)20-9-7-18(8-10-20)23(28)27-13-14-30-22-12-11-21(15-19(22)16-27)25(4,29)17-26(5)6/h7-12,15,29H,13-14,16-17H2,1-6H3. The Kier molecular flexibility index (Phi) is 6.25. The van der Waals surface area contributed by atoms with Crippen LogP contribution in [0.3, 0.4) is 0 Å². The molecule has 0 saturated heterocycles. The number of benzene rings is 2. The number of hydrogen-bond donors (Lipinski definition) is 1. The van der Waals surface area contributed by atoms with Crippen LogP contribution in [0.1, 0.15) is 54.7 Å². The second-order valence-corrected chi connectivity index (χ2v) is 9.74. The second kappa shape index (κ2) is 8.40. The molecule has 162 valence electrons. The van der Waals surface area contributed by atoms with Crippen molar-refractivity contribution in [3.63, 3.8) is 0 Å². The van der Waals surface area contributed by atoms with Crippen LogP contribution in [-0.2, 0) is 17.6 Å². The van der Waals surface area contributed by atoms with E-state index in [1.807, 2.05) is 73.3 Å². The summed E-state index contributed by atoms with van der Waals surface area (Å²) in [5, 5.41) is 10.9. The highest BCUT2D eigenvalue weighted by Crippen LogP contribution is 2.30. The van der Waals surface area contributed by atoms with Crippen LogP contribution in [0.25, 0.3) is 0 Å². The first kappa shape index (κ1) is 22.3. The summed E-state index contributed by atoms with van der Waals surface area (Å²) in [6, 6.07) is 13.7. The lowest BCUT2D eigenvalue weighted by Crippen LogP contribution is -2.35. The molecule has 1 amide bonds. The van der Waals surface area contributed by atoms with Crippen LogP contribution in [0.2, 0.25) is 0 Å². The number of likely N-dealkylation sites (N-methyl/N-ethyl adjacent to an activating group) is 1. The van der Waals surface area contributed by atoms with Gasteiger partial charge in [-0.3, -0.25) is 4.79 Å². The third kappa shape index (κ3) is 5.02. The van der Waals surface area contributed by atoms with Crippen molar-refractivity contribution in [1.29, 1.82) is 0 Å². The van der Waals surface area contributed by atoms with E-state index in [2.05, 4.69) is 20.8 Å². The normalized spacial score (nSPS) is 16.5. The van der Waals surface area contributed by atoms with Gasteiger partial charge in [0, 0.05) is 24.2 Å². The summed E-state index contributed by atoms with van der Waals surface area (Å²) in [7, 11) is 3.87. The number of nitrogens with zero attached hydrogens (tertiary/aromatic N) is 2. The van der Waals surface area contributed by atoms with Crippen molar-refractivity contribution < 1.29 is 14.6 Å². The molecule has 0 radical (unpaired) electrons. The first-order valence-electron chi connectivity index (χ1n) is 10.5. The van der Waals surface area contributed by atoms with Gasteiger partial charge in [-0.25, -0.2) is 0 Å². The van der Waals surface area contributed by atoms with E-state index in [0.717, 1.165) is 16.9 Å². The van der Waals surface area contributed by atoms with Gasteiger partial charge in [0.2, 0.25) is 0 Å². The molecule has 1 N–H and O–H groups in total. The van der Waals surface area contributed by atoms with Crippen molar-refractivity contribution in [2.45, 2.75) is 45.3 Å². The largest absolute Gasteiger partial charge is 0.491 e. The predicted octanol–water partition coefficient (Wildman–Crippen LogP) is 3.79.